The molecular weight excluding hydrogens is 312 g/mol. The Labute approximate surface area is 149 Å². The Kier molecular flexibility index (Phi) is 5.71. The number of carbonyl (C=O) groups is 1. The fraction of sp³-hybridized carbons (Fsp3) is 0.381. The lowest BCUT2D eigenvalue weighted by atomic mass is 10.1. The van der Waals surface area contributed by atoms with Crippen LogP contribution < -0.4 is 10.1 Å². The molecule has 0 radical (unpaired) electrons. The van der Waals surface area contributed by atoms with Crippen LogP contribution in [0, 0.1) is 6.92 Å². The zero-order valence-corrected chi connectivity index (χ0v) is 15.0. The number of benzene rings is 2. The summed E-state index contributed by atoms with van der Waals surface area (Å²) >= 11 is 0. The van der Waals surface area contributed by atoms with Crippen LogP contribution in [0.4, 0.5) is 0 Å². The van der Waals surface area contributed by atoms with Gasteiger partial charge in [-0.2, -0.15) is 0 Å². The van der Waals surface area contributed by atoms with E-state index in [-0.39, 0.29) is 11.9 Å². The molecule has 1 aliphatic heterocycles. The third-order valence-corrected chi connectivity index (χ3v) is 4.73. The van der Waals surface area contributed by atoms with Gasteiger partial charge in [-0.05, 0) is 42.7 Å². The summed E-state index contributed by atoms with van der Waals surface area (Å²) in [7, 11) is 0. The molecule has 0 aliphatic carbocycles. The second-order valence-corrected chi connectivity index (χ2v) is 6.68. The minimum atomic E-state index is 0.185. The van der Waals surface area contributed by atoms with Gasteiger partial charge < -0.3 is 15.0 Å². The van der Waals surface area contributed by atoms with E-state index in [9.17, 15) is 4.79 Å². The zero-order chi connectivity index (χ0) is 17.6. The molecule has 0 aromatic heterocycles. The molecule has 3 rings (SSSR count). The van der Waals surface area contributed by atoms with E-state index < -0.39 is 0 Å². The van der Waals surface area contributed by atoms with Gasteiger partial charge in [0.1, 0.15) is 12.4 Å². The number of nitrogens with one attached hydrogen (secondary N) is 1. The topological polar surface area (TPSA) is 41.6 Å². The van der Waals surface area contributed by atoms with Gasteiger partial charge in [0.05, 0.1) is 6.42 Å². The van der Waals surface area contributed by atoms with Gasteiger partial charge in [-0.1, -0.05) is 36.4 Å². The number of ether oxygens (including phenoxy) is 1. The highest BCUT2D eigenvalue weighted by Gasteiger charge is 2.22. The van der Waals surface area contributed by atoms with Crippen LogP contribution in [0.25, 0.3) is 0 Å². The molecule has 2 aromatic carbocycles. The van der Waals surface area contributed by atoms with Gasteiger partial charge in [0, 0.05) is 25.7 Å². The molecular formula is C21H26N2O2. The second-order valence-electron chi connectivity index (χ2n) is 6.68. The summed E-state index contributed by atoms with van der Waals surface area (Å²) in [6.45, 7) is 7.23. The Morgan fingerprint density at radius 1 is 1.24 bits per heavy atom. The number of carbonyl (C=O) groups excluding carboxylic acids is 1. The maximum atomic E-state index is 12.6. The molecule has 1 aliphatic rings. The Morgan fingerprint density at radius 3 is 2.88 bits per heavy atom. The number of hydrogen-bond acceptors (Lipinski definition) is 3. The van der Waals surface area contributed by atoms with E-state index in [1.807, 2.05) is 41.3 Å². The number of hydrogen-bond donors (Lipinski definition) is 1. The van der Waals surface area contributed by atoms with Crippen LogP contribution in [0.1, 0.15) is 23.6 Å². The number of nitrogens with zero attached hydrogens (tertiary/aromatic N) is 1. The summed E-state index contributed by atoms with van der Waals surface area (Å²) < 4.78 is 5.93. The number of amides is 1. The van der Waals surface area contributed by atoms with E-state index >= 15 is 0 Å². The van der Waals surface area contributed by atoms with E-state index in [0.717, 1.165) is 30.9 Å². The first-order valence-electron chi connectivity index (χ1n) is 8.90. The predicted molar refractivity (Wildman–Crippen MR) is 99.7 cm³/mol. The molecule has 132 valence electrons. The smallest absolute Gasteiger partial charge is 0.227 e. The summed E-state index contributed by atoms with van der Waals surface area (Å²) in [5, 5.41) is 3.32. The molecule has 4 nitrogen and oxygen atoms in total. The number of rotatable bonds is 5. The maximum absolute atomic E-state index is 12.6. The highest BCUT2D eigenvalue weighted by atomic mass is 16.5. The molecule has 2 aromatic rings. The second kappa shape index (κ2) is 8.17. The van der Waals surface area contributed by atoms with Crippen LogP contribution in [-0.2, 0) is 17.8 Å². The summed E-state index contributed by atoms with van der Waals surface area (Å²) in [5.74, 6) is 0.993. The van der Waals surface area contributed by atoms with Crippen molar-refractivity contribution in [3.8, 4) is 5.75 Å². The molecule has 1 atom stereocenters. The molecule has 1 saturated heterocycles. The summed E-state index contributed by atoms with van der Waals surface area (Å²) in [6.07, 6.45) is 0.423. The molecule has 1 amide bonds. The lowest BCUT2D eigenvalue weighted by Crippen LogP contribution is -2.52. The number of aryl methyl sites for hydroxylation is 1. The van der Waals surface area contributed by atoms with E-state index in [2.05, 4.69) is 31.3 Å². The zero-order valence-electron chi connectivity index (χ0n) is 15.0. The number of piperazine rings is 1. The van der Waals surface area contributed by atoms with Crippen LogP contribution in [0.15, 0.2) is 48.5 Å². The van der Waals surface area contributed by atoms with Crippen molar-refractivity contribution in [2.75, 3.05) is 19.6 Å². The van der Waals surface area contributed by atoms with Gasteiger partial charge in [-0.25, -0.2) is 0 Å². The lowest BCUT2D eigenvalue weighted by Gasteiger charge is -2.34. The first-order valence-corrected chi connectivity index (χ1v) is 8.90. The van der Waals surface area contributed by atoms with Crippen molar-refractivity contribution in [2.45, 2.75) is 32.9 Å². The minimum Gasteiger partial charge on any atom is -0.489 e. The molecule has 1 N–H and O–H groups in total. The molecule has 4 heteroatoms. The van der Waals surface area contributed by atoms with Crippen molar-refractivity contribution < 1.29 is 9.53 Å². The van der Waals surface area contributed by atoms with Gasteiger partial charge in [-0.3, -0.25) is 4.79 Å². The molecule has 1 fully saturated rings. The maximum Gasteiger partial charge on any atom is 0.227 e. The highest BCUT2D eigenvalue weighted by Crippen LogP contribution is 2.18. The predicted octanol–water partition coefficient (Wildman–Crippen LogP) is 2.94. The fourth-order valence-corrected chi connectivity index (χ4v) is 3.17. The Morgan fingerprint density at radius 2 is 2.08 bits per heavy atom. The fourth-order valence-electron chi connectivity index (χ4n) is 3.17. The van der Waals surface area contributed by atoms with E-state index in [1.54, 1.807) is 0 Å². The Hall–Kier alpha value is -2.33. The quantitative estimate of drug-likeness (QED) is 0.911. The van der Waals surface area contributed by atoms with Crippen LogP contribution in [0.5, 0.6) is 5.75 Å². The first kappa shape index (κ1) is 17.5. The van der Waals surface area contributed by atoms with Crippen molar-refractivity contribution in [3.05, 3.63) is 65.2 Å². The summed E-state index contributed by atoms with van der Waals surface area (Å²) in [5.41, 5.74) is 3.40. The summed E-state index contributed by atoms with van der Waals surface area (Å²) in [4.78, 5) is 14.5. The van der Waals surface area contributed by atoms with Crippen molar-refractivity contribution in [2.24, 2.45) is 0 Å². The van der Waals surface area contributed by atoms with Gasteiger partial charge in [0.15, 0.2) is 0 Å². The molecule has 1 heterocycles. The van der Waals surface area contributed by atoms with Crippen LogP contribution in [0.3, 0.4) is 0 Å². The highest BCUT2D eigenvalue weighted by molar-refractivity contribution is 5.79. The standard InChI is InChI=1S/C21H26N2O2/c1-16-6-3-4-8-19(16)15-25-20-9-5-7-18(12-20)13-21(24)23-11-10-22-14-17(23)2/h3-9,12,17,22H,10-11,13-15H2,1-2H3/t17-/m1/s1. The average Bonchev–Trinajstić information content (AvgIpc) is 2.62. The Bertz CT molecular complexity index is 729. The normalized spacial score (nSPS) is 17.4. The minimum absolute atomic E-state index is 0.185. The molecule has 0 bridgehead atoms. The van der Waals surface area contributed by atoms with Gasteiger partial charge >= 0.3 is 0 Å². The Balaban J connectivity index is 1.61. The molecule has 25 heavy (non-hydrogen) atoms. The lowest BCUT2D eigenvalue weighted by molar-refractivity contribution is -0.133. The molecule has 0 unspecified atom stereocenters. The van der Waals surface area contributed by atoms with Crippen molar-refractivity contribution in [1.82, 2.24) is 10.2 Å². The average molecular weight is 338 g/mol. The third kappa shape index (κ3) is 4.60. The third-order valence-electron chi connectivity index (χ3n) is 4.73. The monoisotopic (exact) mass is 338 g/mol. The van der Waals surface area contributed by atoms with E-state index in [0.29, 0.717) is 13.0 Å². The van der Waals surface area contributed by atoms with Gasteiger partial charge in [0.25, 0.3) is 0 Å². The SMILES string of the molecule is Cc1ccccc1COc1cccc(CC(=O)N2CCNC[C@H]2C)c1. The van der Waals surface area contributed by atoms with Crippen LogP contribution in [-0.4, -0.2) is 36.5 Å². The largest absolute Gasteiger partial charge is 0.489 e. The van der Waals surface area contributed by atoms with Crippen molar-refractivity contribution in [1.29, 1.82) is 0 Å². The van der Waals surface area contributed by atoms with Crippen LogP contribution >= 0.6 is 0 Å². The van der Waals surface area contributed by atoms with Crippen LogP contribution in [0.2, 0.25) is 0 Å². The van der Waals surface area contributed by atoms with Crippen molar-refractivity contribution >= 4 is 5.91 Å². The van der Waals surface area contributed by atoms with Gasteiger partial charge in [0.2, 0.25) is 5.91 Å². The van der Waals surface area contributed by atoms with E-state index in [4.69, 9.17) is 4.74 Å². The summed E-state index contributed by atoms with van der Waals surface area (Å²) in [6, 6.07) is 16.3. The first-order chi connectivity index (χ1) is 12.1. The van der Waals surface area contributed by atoms with Crippen molar-refractivity contribution in [3.63, 3.8) is 0 Å². The molecule has 0 spiro atoms. The van der Waals surface area contributed by atoms with Gasteiger partial charge in [-0.15, -0.1) is 0 Å². The molecule has 0 saturated carbocycles. The van der Waals surface area contributed by atoms with E-state index in [1.165, 1.54) is 11.1 Å².